The number of fused-ring (bicyclic) bond motifs is 4. The van der Waals surface area contributed by atoms with Gasteiger partial charge in [0.05, 0.1) is 13.2 Å². The topological polar surface area (TPSA) is 111 Å². The van der Waals surface area contributed by atoms with Crippen molar-refractivity contribution in [2.75, 3.05) is 11.5 Å². The Hall–Kier alpha value is -3.91. The third-order valence-electron chi connectivity index (χ3n) is 6.41. The molecule has 8 nitrogen and oxygen atoms in total. The lowest BCUT2D eigenvalue weighted by atomic mass is 9.63. The van der Waals surface area contributed by atoms with E-state index in [1.54, 1.807) is 61.2 Å². The fourth-order valence-corrected chi connectivity index (χ4v) is 5.21. The van der Waals surface area contributed by atoms with Crippen molar-refractivity contribution in [3.05, 3.63) is 88.0 Å². The zero-order chi connectivity index (χ0) is 24.9. The molecular formula is C26H22ClN3O5. The largest absolute Gasteiger partial charge is 0.462 e. The summed E-state index contributed by atoms with van der Waals surface area (Å²) in [7, 11) is 0. The molecule has 0 bridgehead atoms. The summed E-state index contributed by atoms with van der Waals surface area (Å²) in [4.78, 5) is 46.8. The molecule has 3 aliphatic rings. The number of dihydropyridines is 1. The maximum atomic E-state index is 14.5. The van der Waals surface area contributed by atoms with Crippen molar-refractivity contribution in [3.63, 3.8) is 0 Å². The first-order chi connectivity index (χ1) is 16.8. The molecule has 0 radical (unpaired) electrons. The summed E-state index contributed by atoms with van der Waals surface area (Å²) in [5, 5.41) is 0.568. The van der Waals surface area contributed by atoms with Gasteiger partial charge < -0.3 is 20.1 Å². The van der Waals surface area contributed by atoms with Gasteiger partial charge in [-0.25, -0.2) is 9.79 Å². The summed E-state index contributed by atoms with van der Waals surface area (Å²) in [6.07, 6.45) is 1.57. The highest BCUT2D eigenvalue weighted by molar-refractivity contribution is 6.30. The summed E-state index contributed by atoms with van der Waals surface area (Å²) >= 11 is 6.04. The van der Waals surface area contributed by atoms with Gasteiger partial charge in [0, 0.05) is 16.4 Å². The van der Waals surface area contributed by atoms with Gasteiger partial charge in [-0.2, -0.15) is 0 Å². The molecule has 178 valence electrons. The summed E-state index contributed by atoms with van der Waals surface area (Å²) in [5.74, 6) is -3.20. The van der Waals surface area contributed by atoms with Gasteiger partial charge in [0.1, 0.15) is 22.7 Å². The number of amides is 2. The molecule has 0 aromatic heterocycles. The third-order valence-corrected chi connectivity index (χ3v) is 6.66. The number of nitrogens with two attached hydrogens (primary N) is 1. The Bertz CT molecular complexity index is 1360. The third kappa shape index (κ3) is 3.36. The van der Waals surface area contributed by atoms with Crippen molar-refractivity contribution in [3.8, 4) is 0 Å². The second kappa shape index (κ2) is 8.39. The number of esters is 1. The molecule has 5 rings (SSSR count). The lowest BCUT2D eigenvalue weighted by molar-refractivity contribution is -0.143. The van der Waals surface area contributed by atoms with E-state index >= 15 is 0 Å². The van der Waals surface area contributed by atoms with Crippen LogP contribution in [0.2, 0.25) is 5.02 Å². The number of nitrogens with zero attached hydrogens (tertiary/aromatic N) is 2. The van der Waals surface area contributed by atoms with Crippen LogP contribution >= 0.6 is 11.6 Å². The van der Waals surface area contributed by atoms with Gasteiger partial charge in [0.15, 0.2) is 0 Å². The Morgan fingerprint density at radius 1 is 1.20 bits per heavy atom. The van der Waals surface area contributed by atoms with E-state index in [0.29, 0.717) is 22.0 Å². The summed E-state index contributed by atoms with van der Waals surface area (Å²) in [5.41, 5.74) is 6.55. The summed E-state index contributed by atoms with van der Waals surface area (Å²) < 4.78 is 11.1. The smallest absolute Gasteiger partial charge is 0.340 e. The van der Waals surface area contributed by atoms with E-state index in [1.165, 1.54) is 0 Å². The highest BCUT2D eigenvalue weighted by Gasteiger charge is 2.67. The van der Waals surface area contributed by atoms with E-state index in [-0.39, 0.29) is 30.4 Å². The van der Waals surface area contributed by atoms with Crippen molar-refractivity contribution < 1.29 is 23.9 Å². The molecule has 3 heterocycles. The van der Waals surface area contributed by atoms with Crippen LogP contribution in [0.1, 0.15) is 25.0 Å². The number of halogens is 1. The van der Waals surface area contributed by atoms with Crippen molar-refractivity contribution in [2.24, 2.45) is 16.6 Å². The van der Waals surface area contributed by atoms with Crippen LogP contribution in [0.3, 0.4) is 0 Å². The van der Waals surface area contributed by atoms with E-state index in [1.807, 2.05) is 12.1 Å². The Morgan fingerprint density at radius 3 is 2.63 bits per heavy atom. The number of hydrogen-bond acceptors (Lipinski definition) is 6. The zero-order valence-electron chi connectivity index (χ0n) is 19.1. The highest BCUT2D eigenvalue weighted by atomic mass is 35.5. The number of benzene rings is 2. The van der Waals surface area contributed by atoms with Crippen LogP contribution < -0.4 is 10.6 Å². The molecule has 2 aromatic rings. The van der Waals surface area contributed by atoms with Crippen molar-refractivity contribution in [1.29, 1.82) is 0 Å². The monoisotopic (exact) mass is 491 g/mol. The maximum Gasteiger partial charge on any atom is 0.340 e. The van der Waals surface area contributed by atoms with E-state index in [4.69, 9.17) is 26.8 Å². The molecule has 0 aliphatic carbocycles. The minimum Gasteiger partial charge on any atom is -0.462 e. The highest BCUT2D eigenvalue weighted by Crippen LogP contribution is 2.57. The minimum absolute atomic E-state index is 0.0502. The van der Waals surface area contributed by atoms with Crippen molar-refractivity contribution in [1.82, 2.24) is 0 Å². The number of rotatable bonds is 4. The summed E-state index contributed by atoms with van der Waals surface area (Å²) in [6, 6.07) is 14.1. The van der Waals surface area contributed by atoms with E-state index < -0.39 is 29.1 Å². The lowest BCUT2D eigenvalue weighted by Crippen LogP contribution is -2.55. The van der Waals surface area contributed by atoms with Crippen molar-refractivity contribution >= 4 is 40.8 Å². The maximum absolute atomic E-state index is 14.5. The molecule has 2 N–H and O–H groups in total. The fourth-order valence-electron chi connectivity index (χ4n) is 5.08. The average molecular weight is 492 g/mol. The second-order valence-electron chi connectivity index (χ2n) is 8.48. The first-order valence-corrected chi connectivity index (χ1v) is 11.5. The molecular weight excluding hydrogens is 470 g/mol. The Balaban J connectivity index is 1.77. The number of anilines is 1. The zero-order valence-corrected chi connectivity index (χ0v) is 19.8. The standard InChI is InChI=1S/C26H22ClN3O5/c1-3-34-24(32)21-22(28)35-19-12-14(2)29-23(31)20(19)26(21)17-6-4-5-7-18(17)30(25(26)33)13-15-8-10-16(27)11-9-15/h4-12,20H,3,13,28H2,1-2H3. The van der Waals surface area contributed by atoms with Gasteiger partial charge in [0.25, 0.3) is 5.91 Å². The SMILES string of the molecule is CCOC(=O)C1=C(N)OC2=CC(C)=NC(=O)C2C12C(=O)N(Cc1ccc(Cl)cc1)c1ccccc12. The molecule has 0 saturated heterocycles. The van der Waals surface area contributed by atoms with Crippen LogP contribution in [0.15, 0.2) is 76.8 Å². The summed E-state index contributed by atoms with van der Waals surface area (Å²) in [6.45, 7) is 3.53. The van der Waals surface area contributed by atoms with Crippen LogP contribution in [0.5, 0.6) is 0 Å². The lowest BCUT2D eigenvalue weighted by Gasteiger charge is -2.41. The van der Waals surface area contributed by atoms with Gasteiger partial charge in [0.2, 0.25) is 11.8 Å². The predicted molar refractivity (Wildman–Crippen MR) is 129 cm³/mol. The van der Waals surface area contributed by atoms with Gasteiger partial charge in [-0.15, -0.1) is 0 Å². The molecule has 9 heteroatoms. The van der Waals surface area contributed by atoms with Gasteiger partial charge >= 0.3 is 5.97 Å². The van der Waals surface area contributed by atoms with E-state index in [0.717, 1.165) is 5.56 Å². The van der Waals surface area contributed by atoms with E-state index in [9.17, 15) is 14.4 Å². The number of para-hydroxylation sites is 1. The predicted octanol–water partition coefficient (Wildman–Crippen LogP) is 3.39. The quantitative estimate of drug-likeness (QED) is 0.656. The molecule has 2 amide bonds. The molecule has 2 unspecified atom stereocenters. The normalized spacial score (nSPS) is 22.9. The molecule has 0 fully saturated rings. The van der Waals surface area contributed by atoms with Crippen molar-refractivity contribution in [2.45, 2.75) is 25.8 Å². The van der Waals surface area contributed by atoms with Gasteiger partial charge in [-0.1, -0.05) is 41.9 Å². The van der Waals surface area contributed by atoms with Crippen LogP contribution in [0.4, 0.5) is 5.69 Å². The minimum atomic E-state index is -1.79. The Labute approximate surface area is 206 Å². The molecule has 2 atom stereocenters. The van der Waals surface area contributed by atoms with Crippen LogP contribution in [0, 0.1) is 5.92 Å². The van der Waals surface area contributed by atoms with Gasteiger partial charge in [-0.3, -0.25) is 9.59 Å². The number of carbonyl (C=O) groups is 3. The average Bonchev–Trinajstić information content (AvgIpc) is 3.03. The number of allylic oxidation sites excluding steroid dienone is 1. The first kappa shape index (κ1) is 22.9. The number of ether oxygens (including phenoxy) is 2. The first-order valence-electron chi connectivity index (χ1n) is 11.1. The fraction of sp³-hybridized carbons (Fsp3) is 0.231. The Kier molecular flexibility index (Phi) is 5.48. The van der Waals surface area contributed by atoms with Crippen LogP contribution in [-0.4, -0.2) is 30.1 Å². The molecule has 2 aromatic carbocycles. The van der Waals surface area contributed by atoms with Gasteiger partial charge in [-0.05, 0) is 49.2 Å². The number of hydrogen-bond donors (Lipinski definition) is 1. The number of carbonyl (C=O) groups excluding carboxylic acids is 3. The molecule has 0 saturated carbocycles. The van der Waals surface area contributed by atoms with E-state index in [2.05, 4.69) is 4.99 Å². The molecule has 35 heavy (non-hydrogen) atoms. The number of aliphatic imine (C=N–C) groups is 1. The molecule has 3 aliphatic heterocycles. The van der Waals surface area contributed by atoms with Crippen LogP contribution in [-0.2, 0) is 35.8 Å². The second-order valence-corrected chi connectivity index (χ2v) is 8.91. The van der Waals surface area contributed by atoms with Crippen LogP contribution in [0.25, 0.3) is 0 Å². The Morgan fingerprint density at radius 2 is 1.91 bits per heavy atom. The molecule has 1 spiro atoms.